The third-order valence-electron chi connectivity index (χ3n) is 3.35. The summed E-state index contributed by atoms with van der Waals surface area (Å²) < 4.78 is 0. The number of rotatable bonds is 0. The molecule has 0 heterocycles. The highest BCUT2D eigenvalue weighted by Gasteiger charge is 1.98. The zero-order valence-electron chi connectivity index (χ0n) is 16.7. The van der Waals surface area contributed by atoms with Crippen molar-refractivity contribution in [3.8, 4) is 23.0 Å². The number of carbonyl (C=O) groups excluding carboxylic acids is 4. The van der Waals surface area contributed by atoms with Gasteiger partial charge in [0.25, 0.3) is 0 Å². The molecule has 2 aromatic rings. The highest BCUT2D eigenvalue weighted by Crippen LogP contribution is 2.13. The van der Waals surface area contributed by atoms with Gasteiger partial charge in [0.2, 0.25) is 0 Å². The maximum absolute atomic E-state index is 10.3. The Bertz CT molecular complexity index is 851. The van der Waals surface area contributed by atoms with E-state index in [2.05, 4.69) is 0 Å². The van der Waals surface area contributed by atoms with Crippen LogP contribution in [0, 0.1) is 0 Å². The average Bonchev–Trinajstić information content (AvgIpc) is 2.78. The lowest BCUT2D eigenvalue weighted by atomic mass is 10.2. The van der Waals surface area contributed by atoms with Gasteiger partial charge in [0, 0.05) is 0 Å². The van der Waals surface area contributed by atoms with Crippen LogP contribution < -0.4 is 0 Å². The van der Waals surface area contributed by atoms with Crippen LogP contribution in [0.2, 0.25) is 0 Å². The van der Waals surface area contributed by atoms with Gasteiger partial charge in [-0.1, -0.05) is 0 Å². The first-order valence-electron chi connectivity index (χ1n) is 9.00. The van der Waals surface area contributed by atoms with E-state index in [4.69, 9.17) is 20.4 Å². The second-order valence-corrected chi connectivity index (χ2v) is 5.98. The Morgan fingerprint density at radius 1 is 0.312 bits per heavy atom. The number of hydrogen-bond donors (Lipinski definition) is 4. The number of phenolic OH excluding ortho intramolecular Hbond substituents is 4. The van der Waals surface area contributed by atoms with E-state index in [0.717, 1.165) is 0 Å². The quantitative estimate of drug-likeness (QED) is 0.364. The maximum atomic E-state index is 10.3. The molecule has 0 spiro atoms. The molecule has 0 saturated carbocycles. The Labute approximate surface area is 183 Å². The van der Waals surface area contributed by atoms with Crippen LogP contribution in [0.3, 0.4) is 0 Å². The van der Waals surface area contributed by atoms with Crippen molar-refractivity contribution in [3.63, 3.8) is 0 Å². The third-order valence-corrected chi connectivity index (χ3v) is 3.35. The number of allylic oxidation sites excluding steroid dienone is 8. The number of hydrogen-bond acceptors (Lipinski definition) is 8. The summed E-state index contributed by atoms with van der Waals surface area (Å²) in [5, 5.41) is 34.6. The molecule has 4 rings (SSSR count). The van der Waals surface area contributed by atoms with E-state index in [1.54, 1.807) is 0 Å². The van der Waals surface area contributed by atoms with Gasteiger partial charge in [-0.15, -0.1) is 0 Å². The molecule has 0 aliphatic heterocycles. The van der Waals surface area contributed by atoms with Crippen molar-refractivity contribution in [2.45, 2.75) is 0 Å². The van der Waals surface area contributed by atoms with Gasteiger partial charge in [0.1, 0.15) is 23.0 Å². The Hall–Kier alpha value is -4.72. The first-order chi connectivity index (χ1) is 15.2. The standard InChI is InChI=1S/2C6H6O2.2C6H4O2/c4*7-5-1-2-6(8)4-3-5/h2*1-4,7-8H;2*1-4H. The van der Waals surface area contributed by atoms with Crippen molar-refractivity contribution in [2.24, 2.45) is 0 Å². The van der Waals surface area contributed by atoms with Gasteiger partial charge in [0.15, 0.2) is 23.1 Å². The zero-order chi connectivity index (χ0) is 23.9. The van der Waals surface area contributed by atoms with Crippen molar-refractivity contribution in [3.05, 3.63) is 97.1 Å². The lowest BCUT2D eigenvalue weighted by Crippen LogP contribution is -1.97. The molecule has 0 bridgehead atoms. The van der Waals surface area contributed by atoms with Crippen LogP contribution in [0.1, 0.15) is 0 Å². The molecular formula is C24H20O8. The molecule has 0 radical (unpaired) electrons. The second kappa shape index (κ2) is 13.5. The summed E-state index contributed by atoms with van der Waals surface area (Å²) in [6.07, 6.45) is 10.0. The highest BCUT2D eigenvalue weighted by atomic mass is 16.3. The monoisotopic (exact) mass is 436 g/mol. The van der Waals surface area contributed by atoms with Gasteiger partial charge in [-0.05, 0) is 97.1 Å². The molecule has 8 heteroatoms. The molecule has 32 heavy (non-hydrogen) atoms. The minimum atomic E-state index is -0.121. The normalized spacial score (nSPS) is 13.2. The number of ketones is 4. The Morgan fingerprint density at radius 2 is 0.438 bits per heavy atom. The van der Waals surface area contributed by atoms with E-state index in [-0.39, 0.29) is 46.1 Å². The fraction of sp³-hybridized carbons (Fsp3) is 0. The number of carbonyl (C=O) groups is 4. The molecular weight excluding hydrogens is 416 g/mol. The van der Waals surface area contributed by atoms with Crippen LogP contribution in [-0.4, -0.2) is 43.6 Å². The number of benzene rings is 2. The first-order valence-corrected chi connectivity index (χ1v) is 9.00. The second-order valence-electron chi connectivity index (χ2n) is 5.98. The number of aromatic hydroxyl groups is 4. The molecule has 0 atom stereocenters. The summed E-state index contributed by atoms with van der Waals surface area (Å²) in [6.45, 7) is 0. The lowest BCUT2D eigenvalue weighted by Gasteiger charge is -1.88. The Kier molecular flexibility index (Phi) is 10.7. The molecule has 2 aliphatic rings. The maximum Gasteiger partial charge on any atom is 0.178 e. The molecule has 0 saturated heterocycles. The van der Waals surface area contributed by atoms with Crippen LogP contribution in [0.15, 0.2) is 97.1 Å². The Morgan fingerprint density at radius 3 is 0.562 bits per heavy atom. The zero-order valence-corrected chi connectivity index (χ0v) is 16.7. The van der Waals surface area contributed by atoms with Gasteiger partial charge in [0.05, 0.1) is 0 Å². The summed E-state index contributed by atoms with van der Waals surface area (Å²) in [5.74, 6) is 0.194. The van der Waals surface area contributed by atoms with Crippen LogP contribution >= 0.6 is 0 Å². The van der Waals surface area contributed by atoms with Crippen molar-refractivity contribution in [1.29, 1.82) is 0 Å². The summed E-state index contributed by atoms with van der Waals surface area (Å²) >= 11 is 0. The van der Waals surface area contributed by atoms with E-state index in [9.17, 15) is 19.2 Å². The summed E-state index contributed by atoms with van der Waals surface area (Å²) in [7, 11) is 0. The summed E-state index contributed by atoms with van der Waals surface area (Å²) in [5.41, 5.74) is 0. The third kappa shape index (κ3) is 12.0. The van der Waals surface area contributed by atoms with Crippen LogP contribution in [0.25, 0.3) is 0 Å². The van der Waals surface area contributed by atoms with Gasteiger partial charge < -0.3 is 20.4 Å². The minimum Gasteiger partial charge on any atom is -0.508 e. The molecule has 0 aromatic heterocycles. The topological polar surface area (TPSA) is 149 Å². The van der Waals surface area contributed by atoms with Crippen LogP contribution in [-0.2, 0) is 19.2 Å². The molecule has 2 aliphatic carbocycles. The average molecular weight is 436 g/mol. The lowest BCUT2D eigenvalue weighted by molar-refractivity contribution is -0.113. The predicted octanol–water partition coefficient (Wildman–Crippen LogP) is 2.70. The first kappa shape index (κ1) is 25.3. The largest absolute Gasteiger partial charge is 0.508 e. The smallest absolute Gasteiger partial charge is 0.178 e. The molecule has 0 amide bonds. The van der Waals surface area contributed by atoms with Gasteiger partial charge in [-0.3, -0.25) is 19.2 Å². The van der Waals surface area contributed by atoms with E-state index < -0.39 is 0 Å². The summed E-state index contributed by atoms with van der Waals surface area (Å²) in [6, 6.07) is 11.4. The van der Waals surface area contributed by atoms with Crippen LogP contribution in [0.5, 0.6) is 23.0 Å². The SMILES string of the molecule is O=C1C=CC(=O)C=C1.O=C1C=CC(=O)C=C1.Oc1ccc(O)cc1.Oc1ccc(O)cc1. The predicted molar refractivity (Wildman–Crippen MR) is 116 cm³/mol. The highest BCUT2D eigenvalue weighted by molar-refractivity contribution is 6.14. The van der Waals surface area contributed by atoms with E-state index in [1.165, 1.54) is 97.1 Å². The molecule has 164 valence electrons. The van der Waals surface area contributed by atoms with Gasteiger partial charge in [-0.25, -0.2) is 0 Å². The van der Waals surface area contributed by atoms with Gasteiger partial charge >= 0.3 is 0 Å². The summed E-state index contributed by atoms with van der Waals surface area (Å²) in [4.78, 5) is 41.1. The van der Waals surface area contributed by atoms with E-state index in [1.807, 2.05) is 0 Å². The van der Waals surface area contributed by atoms with E-state index >= 15 is 0 Å². The fourth-order valence-electron chi connectivity index (χ4n) is 1.78. The molecule has 8 nitrogen and oxygen atoms in total. The molecule has 0 fully saturated rings. The number of phenols is 4. The molecule has 2 aromatic carbocycles. The van der Waals surface area contributed by atoms with Crippen molar-refractivity contribution in [2.75, 3.05) is 0 Å². The fourth-order valence-corrected chi connectivity index (χ4v) is 1.78. The van der Waals surface area contributed by atoms with E-state index in [0.29, 0.717) is 0 Å². The van der Waals surface area contributed by atoms with Crippen molar-refractivity contribution in [1.82, 2.24) is 0 Å². The molecule has 4 N–H and O–H groups in total. The van der Waals surface area contributed by atoms with Crippen molar-refractivity contribution >= 4 is 23.1 Å². The molecule has 0 unspecified atom stereocenters. The van der Waals surface area contributed by atoms with Crippen LogP contribution in [0.4, 0.5) is 0 Å². The Balaban J connectivity index is 0.000000213. The van der Waals surface area contributed by atoms with Crippen molar-refractivity contribution < 1.29 is 39.6 Å². The van der Waals surface area contributed by atoms with Gasteiger partial charge in [-0.2, -0.15) is 0 Å². The minimum absolute atomic E-state index is 0.121.